The minimum atomic E-state index is 0.332. The summed E-state index contributed by atoms with van der Waals surface area (Å²) in [5.41, 5.74) is 7.44. The average molecular weight is 233 g/mol. The third-order valence-electron chi connectivity index (χ3n) is 3.09. The first-order valence-corrected chi connectivity index (χ1v) is 6.43. The second kappa shape index (κ2) is 4.69. The predicted octanol–water partition coefficient (Wildman–Crippen LogP) is 3.14. The molecule has 0 aromatic heterocycles. The van der Waals surface area contributed by atoms with Crippen molar-refractivity contribution in [2.75, 3.05) is 0 Å². The van der Waals surface area contributed by atoms with Gasteiger partial charge in [0.25, 0.3) is 0 Å². The number of rotatable bonds is 3. The molecule has 2 nitrogen and oxygen atoms in total. The Bertz CT molecular complexity index is 358. The number of hydrogen-bond acceptors (Lipinski definition) is 2. The molecule has 2 N–H and O–H groups in total. The van der Waals surface area contributed by atoms with E-state index >= 15 is 0 Å². The molecule has 0 aliphatic heterocycles. The third-order valence-corrected chi connectivity index (χ3v) is 3.09. The van der Waals surface area contributed by atoms with Crippen molar-refractivity contribution in [3.05, 3.63) is 29.8 Å². The van der Waals surface area contributed by atoms with E-state index < -0.39 is 0 Å². The van der Waals surface area contributed by atoms with Crippen LogP contribution in [0.25, 0.3) is 0 Å². The fraction of sp³-hybridized carbons (Fsp3) is 0.600. The van der Waals surface area contributed by atoms with Crippen molar-refractivity contribution in [1.29, 1.82) is 0 Å². The number of benzene rings is 1. The van der Waals surface area contributed by atoms with Gasteiger partial charge in [-0.2, -0.15) is 0 Å². The van der Waals surface area contributed by atoms with Crippen LogP contribution in [0.2, 0.25) is 0 Å². The maximum Gasteiger partial charge on any atom is 0.119 e. The fourth-order valence-electron chi connectivity index (χ4n) is 2.19. The van der Waals surface area contributed by atoms with Gasteiger partial charge in [-0.3, -0.25) is 0 Å². The molecular weight excluding hydrogens is 210 g/mol. The number of ether oxygens (including phenoxy) is 1. The summed E-state index contributed by atoms with van der Waals surface area (Å²) in [6.07, 6.45) is 3.41. The van der Waals surface area contributed by atoms with E-state index in [4.69, 9.17) is 10.5 Å². The molecule has 2 heteroatoms. The van der Waals surface area contributed by atoms with Gasteiger partial charge >= 0.3 is 0 Å². The van der Waals surface area contributed by atoms with E-state index in [1.54, 1.807) is 0 Å². The highest BCUT2D eigenvalue weighted by Gasteiger charge is 2.27. The summed E-state index contributed by atoms with van der Waals surface area (Å²) in [5.74, 6) is 0.972. The molecule has 17 heavy (non-hydrogen) atoms. The average Bonchev–Trinajstić information content (AvgIpc) is 2.16. The van der Waals surface area contributed by atoms with Crippen LogP contribution in [-0.4, -0.2) is 12.1 Å². The SMILES string of the molecule is CC(C)(C)Cc1ccc(OC2CC(N)C2)cc1. The molecular formula is C15H23NO. The normalized spacial score (nSPS) is 24.2. The Morgan fingerprint density at radius 1 is 1.18 bits per heavy atom. The molecule has 1 aromatic rings. The summed E-state index contributed by atoms with van der Waals surface area (Å²) >= 11 is 0. The molecule has 1 saturated carbocycles. The lowest BCUT2D eigenvalue weighted by Crippen LogP contribution is -2.43. The largest absolute Gasteiger partial charge is 0.490 e. The smallest absolute Gasteiger partial charge is 0.119 e. The Balaban J connectivity index is 1.89. The van der Waals surface area contributed by atoms with Crippen molar-refractivity contribution in [2.45, 2.75) is 52.2 Å². The van der Waals surface area contributed by atoms with Crippen molar-refractivity contribution >= 4 is 0 Å². The number of nitrogens with two attached hydrogens (primary N) is 1. The van der Waals surface area contributed by atoms with Crippen LogP contribution < -0.4 is 10.5 Å². The van der Waals surface area contributed by atoms with Crippen LogP contribution in [0.1, 0.15) is 39.2 Å². The van der Waals surface area contributed by atoms with Gasteiger partial charge in [-0.1, -0.05) is 32.9 Å². The van der Waals surface area contributed by atoms with Crippen LogP contribution in [0.15, 0.2) is 24.3 Å². The molecule has 1 aliphatic rings. The van der Waals surface area contributed by atoms with Crippen LogP contribution >= 0.6 is 0 Å². The summed E-state index contributed by atoms with van der Waals surface area (Å²) < 4.78 is 5.83. The molecule has 0 amide bonds. The van der Waals surface area contributed by atoms with E-state index in [0.717, 1.165) is 25.0 Å². The van der Waals surface area contributed by atoms with Crippen LogP contribution in [0.5, 0.6) is 5.75 Å². The Morgan fingerprint density at radius 2 is 1.76 bits per heavy atom. The molecule has 2 rings (SSSR count). The monoisotopic (exact) mass is 233 g/mol. The van der Waals surface area contributed by atoms with Crippen LogP contribution in [-0.2, 0) is 6.42 Å². The first kappa shape index (κ1) is 12.4. The summed E-state index contributed by atoms with van der Waals surface area (Å²) in [7, 11) is 0. The van der Waals surface area contributed by atoms with Crippen LogP contribution in [0.3, 0.4) is 0 Å². The Morgan fingerprint density at radius 3 is 2.24 bits per heavy atom. The first-order chi connectivity index (χ1) is 7.92. The highest BCUT2D eigenvalue weighted by atomic mass is 16.5. The van der Waals surface area contributed by atoms with Crippen molar-refractivity contribution in [1.82, 2.24) is 0 Å². The van der Waals surface area contributed by atoms with Gasteiger partial charge in [0.2, 0.25) is 0 Å². The van der Waals surface area contributed by atoms with Crippen molar-refractivity contribution in [3.8, 4) is 5.75 Å². The fourth-order valence-corrected chi connectivity index (χ4v) is 2.19. The number of hydrogen-bond donors (Lipinski definition) is 1. The molecule has 0 unspecified atom stereocenters. The van der Waals surface area contributed by atoms with Gasteiger partial charge in [-0.25, -0.2) is 0 Å². The Kier molecular flexibility index (Phi) is 3.43. The maximum absolute atomic E-state index is 5.83. The molecule has 0 bridgehead atoms. The van der Waals surface area contributed by atoms with Gasteiger partial charge in [0, 0.05) is 6.04 Å². The van der Waals surface area contributed by atoms with E-state index in [-0.39, 0.29) is 0 Å². The highest BCUT2D eigenvalue weighted by Crippen LogP contribution is 2.26. The zero-order valence-corrected chi connectivity index (χ0v) is 11.1. The van der Waals surface area contributed by atoms with E-state index in [1.807, 2.05) is 0 Å². The van der Waals surface area contributed by atoms with E-state index in [1.165, 1.54) is 5.56 Å². The van der Waals surface area contributed by atoms with Gasteiger partial charge in [0.05, 0.1) is 0 Å². The topological polar surface area (TPSA) is 35.2 Å². The molecule has 1 aromatic carbocycles. The zero-order chi connectivity index (χ0) is 12.5. The van der Waals surface area contributed by atoms with E-state index in [9.17, 15) is 0 Å². The lowest BCUT2D eigenvalue weighted by atomic mass is 9.88. The van der Waals surface area contributed by atoms with Crippen LogP contribution in [0.4, 0.5) is 0 Å². The molecule has 0 heterocycles. The van der Waals surface area contributed by atoms with E-state index in [2.05, 4.69) is 45.0 Å². The van der Waals surface area contributed by atoms with Gasteiger partial charge in [-0.05, 0) is 42.4 Å². The summed E-state index contributed by atoms with van der Waals surface area (Å²) in [6.45, 7) is 6.77. The van der Waals surface area contributed by atoms with Gasteiger partial charge < -0.3 is 10.5 Å². The van der Waals surface area contributed by atoms with E-state index in [0.29, 0.717) is 17.6 Å². The zero-order valence-electron chi connectivity index (χ0n) is 11.1. The van der Waals surface area contributed by atoms with Crippen molar-refractivity contribution < 1.29 is 4.74 Å². The molecule has 1 aliphatic carbocycles. The van der Waals surface area contributed by atoms with Crippen LogP contribution in [0, 0.1) is 5.41 Å². The molecule has 0 saturated heterocycles. The second-order valence-corrected chi connectivity index (χ2v) is 6.35. The molecule has 94 valence electrons. The predicted molar refractivity (Wildman–Crippen MR) is 71.2 cm³/mol. The Hall–Kier alpha value is -1.02. The first-order valence-electron chi connectivity index (χ1n) is 6.43. The standard InChI is InChI=1S/C15H23NO/c1-15(2,3)10-11-4-6-13(7-5-11)17-14-8-12(16)9-14/h4-7,12,14H,8-10,16H2,1-3H3. The lowest BCUT2D eigenvalue weighted by Gasteiger charge is -2.32. The quantitative estimate of drug-likeness (QED) is 0.870. The molecule has 0 spiro atoms. The highest BCUT2D eigenvalue weighted by molar-refractivity contribution is 5.28. The summed E-state index contributed by atoms with van der Waals surface area (Å²) in [4.78, 5) is 0. The Labute approximate surface area is 104 Å². The van der Waals surface area contributed by atoms with Crippen molar-refractivity contribution in [2.24, 2.45) is 11.1 Å². The second-order valence-electron chi connectivity index (χ2n) is 6.35. The molecule has 0 radical (unpaired) electrons. The minimum Gasteiger partial charge on any atom is -0.490 e. The summed E-state index contributed by atoms with van der Waals surface area (Å²) in [5, 5.41) is 0. The van der Waals surface area contributed by atoms with Gasteiger partial charge in [-0.15, -0.1) is 0 Å². The van der Waals surface area contributed by atoms with Crippen molar-refractivity contribution in [3.63, 3.8) is 0 Å². The maximum atomic E-state index is 5.83. The molecule has 0 atom stereocenters. The minimum absolute atomic E-state index is 0.332. The summed E-state index contributed by atoms with van der Waals surface area (Å²) in [6, 6.07) is 8.83. The lowest BCUT2D eigenvalue weighted by molar-refractivity contribution is 0.101. The van der Waals surface area contributed by atoms with Gasteiger partial charge in [0.15, 0.2) is 0 Å². The molecule has 1 fully saturated rings. The van der Waals surface area contributed by atoms with Gasteiger partial charge in [0.1, 0.15) is 11.9 Å². The third kappa shape index (κ3) is 3.74.